The van der Waals surface area contributed by atoms with Crippen LogP contribution in [-0.2, 0) is 32.6 Å². The largest absolute Gasteiger partial charge is 0.496 e. The van der Waals surface area contributed by atoms with E-state index in [9.17, 15) is 9.00 Å². The highest BCUT2D eigenvalue weighted by atomic mass is 32.2. The van der Waals surface area contributed by atoms with Gasteiger partial charge in [-0.25, -0.2) is 4.98 Å². The molecule has 4 aromatic rings. The summed E-state index contributed by atoms with van der Waals surface area (Å²) in [7, 11) is 0.380. The summed E-state index contributed by atoms with van der Waals surface area (Å²) in [5.74, 6) is 1.56. The third-order valence-electron chi connectivity index (χ3n) is 7.24. The molecule has 45 heavy (non-hydrogen) atoms. The van der Waals surface area contributed by atoms with Crippen LogP contribution in [0.15, 0.2) is 84.0 Å². The average Bonchev–Trinajstić information content (AvgIpc) is 3.40. The normalized spacial score (nSPS) is 11.9. The van der Waals surface area contributed by atoms with Crippen molar-refractivity contribution in [1.29, 1.82) is 0 Å². The zero-order valence-corrected chi connectivity index (χ0v) is 27.4. The van der Waals surface area contributed by atoms with Crippen molar-refractivity contribution < 1.29 is 23.2 Å². The van der Waals surface area contributed by atoms with E-state index in [1.54, 1.807) is 37.5 Å². The molecule has 0 bridgehead atoms. The molecule has 0 aliphatic rings. The topological polar surface area (TPSA) is 91.7 Å². The van der Waals surface area contributed by atoms with Gasteiger partial charge in [0.2, 0.25) is 5.91 Å². The molecule has 8 nitrogen and oxygen atoms in total. The monoisotopic (exact) mass is 629 g/mol. The molecule has 4 rings (SSSR count). The predicted octanol–water partition coefficient (Wildman–Crippen LogP) is 7.43. The first-order valence-corrected chi connectivity index (χ1v) is 16.7. The van der Waals surface area contributed by atoms with Crippen LogP contribution in [0.2, 0.25) is 0 Å². The van der Waals surface area contributed by atoms with E-state index in [4.69, 9.17) is 14.2 Å². The number of anilines is 1. The highest BCUT2D eigenvalue weighted by molar-refractivity contribution is 7.84. The fraction of sp³-hybridized carbons (Fsp3) is 0.333. The van der Waals surface area contributed by atoms with Crippen LogP contribution in [0.5, 0.6) is 11.5 Å². The summed E-state index contributed by atoms with van der Waals surface area (Å²) in [5.41, 5.74) is 5.29. The van der Waals surface area contributed by atoms with E-state index in [-0.39, 0.29) is 5.91 Å². The molecular formula is C36H43N3O5S. The molecule has 1 N–H and O–H groups in total. The first kappa shape index (κ1) is 33.7. The number of nitrogens with one attached hydrogen (secondary N) is 1. The number of benzene rings is 3. The van der Waals surface area contributed by atoms with Crippen molar-refractivity contribution in [2.75, 3.05) is 32.2 Å². The van der Waals surface area contributed by atoms with Crippen molar-refractivity contribution in [3.63, 3.8) is 0 Å². The molecule has 1 aromatic heterocycles. The fourth-order valence-electron chi connectivity index (χ4n) is 4.73. The van der Waals surface area contributed by atoms with Crippen LogP contribution in [0, 0.1) is 6.92 Å². The molecule has 1 amide bonds. The van der Waals surface area contributed by atoms with Gasteiger partial charge in [0.05, 0.1) is 48.0 Å². The highest BCUT2D eigenvalue weighted by Gasteiger charge is 2.13. The van der Waals surface area contributed by atoms with Crippen LogP contribution in [0.3, 0.4) is 0 Å². The van der Waals surface area contributed by atoms with E-state index in [0.717, 1.165) is 66.2 Å². The van der Waals surface area contributed by atoms with Crippen LogP contribution in [-0.4, -0.2) is 46.6 Å². The Hall–Kier alpha value is -4.21. The number of carbonyl (C=O) groups excluding carboxylic acids is 1. The minimum atomic E-state index is -1.23. The van der Waals surface area contributed by atoms with Gasteiger partial charge < -0.3 is 24.1 Å². The lowest BCUT2D eigenvalue weighted by atomic mass is 10.0. The molecule has 0 saturated carbocycles. The van der Waals surface area contributed by atoms with Crippen molar-refractivity contribution in [3.8, 4) is 22.6 Å². The van der Waals surface area contributed by atoms with Crippen molar-refractivity contribution in [1.82, 2.24) is 9.55 Å². The molecule has 0 fully saturated rings. The van der Waals surface area contributed by atoms with E-state index in [0.29, 0.717) is 35.3 Å². The minimum absolute atomic E-state index is 0.282. The van der Waals surface area contributed by atoms with E-state index in [2.05, 4.69) is 28.7 Å². The van der Waals surface area contributed by atoms with Crippen LogP contribution in [0.25, 0.3) is 17.2 Å². The number of ether oxygens (including phenoxy) is 3. The van der Waals surface area contributed by atoms with Gasteiger partial charge in [-0.15, -0.1) is 0 Å². The van der Waals surface area contributed by atoms with Crippen LogP contribution >= 0.6 is 0 Å². The van der Waals surface area contributed by atoms with Gasteiger partial charge in [-0.3, -0.25) is 9.00 Å². The molecular weight excluding hydrogens is 586 g/mol. The highest BCUT2D eigenvalue weighted by Crippen LogP contribution is 2.29. The second kappa shape index (κ2) is 17.3. The number of aromatic nitrogens is 2. The lowest BCUT2D eigenvalue weighted by Crippen LogP contribution is -2.08. The Morgan fingerprint density at radius 1 is 0.956 bits per heavy atom. The van der Waals surface area contributed by atoms with E-state index in [1.807, 2.05) is 55.7 Å². The Labute approximate surface area is 268 Å². The van der Waals surface area contributed by atoms with E-state index in [1.165, 1.54) is 6.08 Å². The number of carbonyl (C=O) groups is 1. The standard InChI is InChI=1S/C36H43N3O5S/c1-5-7-21-43-22-23-44-32-14-8-28(9-15-32)29-10-18-35(42-4)30(24-29)11-19-36(40)38-31-12-16-33(17-13-31)45(41)25-34-27(3)37-26-39(34)20-6-2/h8-19,24,26H,5-7,20-23,25H2,1-4H3,(H,38,40)/b19-11+. The van der Waals surface area contributed by atoms with Gasteiger partial charge in [0, 0.05) is 35.4 Å². The van der Waals surface area contributed by atoms with Gasteiger partial charge in [0.1, 0.15) is 18.1 Å². The number of amides is 1. The fourth-order valence-corrected chi connectivity index (χ4v) is 5.96. The Morgan fingerprint density at radius 3 is 2.42 bits per heavy atom. The molecule has 238 valence electrons. The first-order valence-electron chi connectivity index (χ1n) is 15.4. The third-order valence-corrected chi connectivity index (χ3v) is 8.58. The number of unbranched alkanes of at least 4 members (excludes halogenated alkanes) is 1. The summed E-state index contributed by atoms with van der Waals surface area (Å²) >= 11 is 0. The number of imidazole rings is 1. The smallest absolute Gasteiger partial charge is 0.248 e. The van der Waals surface area contributed by atoms with E-state index >= 15 is 0 Å². The molecule has 3 aromatic carbocycles. The molecule has 0 saturated heterocycles. The van der Waals surface area contributed by atoms with Crippen molar-refractivity contribution in [2.45, 2.75) is 57.2 Å². The van der Waals surface area contributed by atoms with Crippen molar-refractivity contribution >= 4 is 28.5 Å². The summed E-state index contributed by atoms with van der Waals surface area (Å²) in [6, 6.07) is 20.9. The number of nitrogens with zero attached hydrogens (tertiary/aromatic N) is 2. The summed E-state index contributed by atoms with van der Waals surface area (Å²) in [4.78, 5) is 17.9. The van der Waals surface area contributed by atoms with Crippen LogP contribution in [0.1, 0.15) is 50.1 Å². The minimum Gasteiger partial charge on any atom is -0.496 e. The summed E-state index contributed by atoms with van der Waals surface area (Å²) in [6.45, 7) is 8.88. The van der Waals surface area contributed by atoms with Gasteiger partial charge in [-0.2, -0.15) is 0 Å². The summed E-state index contributed by atoms with van der Waals surface area (Å²) < 4.78 is 32.0. The average molecular weight is 630 g/mol. The Bertz CT molecular complexity index is 1580. The Balaban J connectivity index is 1.34. The lowest BCUT2D eigenvalue weighted by Gasteiger charge is -2.10. The zero-order valence-electron chi connectivity index (χ0n) is 26.6. The number of hydrogen-bond donors (Lipinski definition) is 1. The molecule has 1 unspecified atom stereocenters. The second-order valence-corrected chi connectivity index (χ2v) is 12.1. The maximum Gasteiger partial charge on any atom is 0.248 e. The molecule has 0 radical (unpaired) electrons. The lowest BCUT2D eigenvalue weighted by molar-refractivity contribution is -0.111. The second-order valence-electron chi connectivity index (χ2n) is 10.6. The Kier molecular flexibility index (Phi) is 13.0. The van der Waals surface area contributed by atoms with Crippen LogP contribution in [0.4, 0.5) is 5.69 Å². The van der Waals surface area contributed by atoms with Crippen LogP contribution < -0.4 is 14.8 Å². The maximum absolute atomic E-state index is 13.1. The molecule has 1 atom stereocenters. The van der Waals surface area contributed by atoms with Gasteiger partial charge in [0.15, 0.2) is 0 Å². The SMILES string of the molecule is CCCCOCCOc1ccc(-c2ccc(OC)c(/C=C/C(=O)Nc3ccc(S(=O)Cc4c(C)ncn4CCC)cc3)c2)cc1. The molecule has 1 heterocycles. The zero-order chi connectivity index (χ0) is 32.0. The van der Waals surface area contributed by atoms with Crippen molar-refractivity contribution in [2.24, 2.45) is 0 Å². The number of hydrogen-bond acceptors (Lipinski definition) is 6. The van der Waals surface area contributed by atoms with Gasteiger partial charge >= 0.3 is 0 Å². The number of methoxy groups -OCH3 is 1. The molecule has 0 spiro atoms. The van der Waals surface area contributed by atoms with Gasteiger partial charge in [0.25, 0.3) is 0 Å². The maximum atomic E-state index is 13.1. The van der Waals surface area contributed by atoms with E-state index < -0.39 is 10.8 Å². The molecule has 0 aliphatic heterocycles. The quantitative estimate of drug-likeness (QED) is 0.0965. The number of rotatable bonds is 17. The third kappa shape index (κ3) is 9.89. The predicted molar refractivity (Wildman–Crippen MR) is 181 cm³/mol. The number of aryl methyl sites for hydroxylation is 2. The van der Waals surface area contributed by atoms with Crippen molar-refractivity contribution in [3.05, 3.63) is 96.1 Å². The van der Waals surface area contributed by atoms with Gasteiger partial charge in [-0.1, -0.05) is 38.5 Å². The summed E-state index contributed by atoms with van der Waals surface area (Å²) in [5, 5.41) is 2.88. The van der Waals surface area contributed by atoms with Gasteiger partial charge in [-0.05, 0) is 85.5 Å². The summed E-state index contributed by atoms with van der Waals surface area (Å²) in [6.07, 6.45) is 8.18. The molecule has 0 aliphatic carbocycles. The molecule has 9 heteroatoms. The Morgan fingerprint density at radius 2 is 1.71 bits per heavy atom. The first-order chi connectivity index (χ1) is 21.9.